The number of ether oxygens (including phenoxy) is 1. The number of hydrogen-bond donors (Lipinski definition) is 1. The van der Waals surface area contributed by atoms with Gasteiger partial charge in [0.1, 0.15) is 11.4 Å². The maximum absolute atomic E-state index is 14.6. The number of carbonyl (C=O) groups excluding carboxylic acids is 1. The average Bonchev–Trinajstić information content (AvgIpc) is 3.27. The molecule has 3 heterocycles. The fraction of sp³-hybridized carbons (Fsp3) is 0.531. The second-order valence-corrected chi connectivity index (χ2v) is 13.9. The van der Waals surface area contributed by atoms with E-state index in [1.54, 1.807) is 21.9 Å². The van der Waals surface area contributed by atoms with Crippen LogP contribution in [0.25, 0.3) is 22.0 Å². The number of alkyl halides is 2. The number of hydrogen-bond acceptors (Lipinski definition) is 6. The zero-order chi connectivity index (χ0) is 29.3. The van der Waals surface area contributed by atoms with E-state index in [4.69, 9.17) is 14.7 Å². The quantitative estimate of drug-likeness (QED) is 0.386. The SMILES string of the molecule is CC1(C)CCc2c(nc(N3CC4(C[C@@H]3C(F)F)CN(C(=O)OC(C)(C)C)C4)nc2-c2cc(O)cc3ccccc23)C1. The maximum Gasteiger partial charge on any atom is 0.410 e. The van der Waals surface area contributed by atoms with E-state index in [2.05, 4.69) is 13.8 Å². The van der Waals surface area contributed by atoms with Gasteiger partial charge in [-0.15, -0.1) is 0 Å². The van der Waals surface area contributed by atoms with Crippen LogP contribution in [0.2, 0.25) is 0 Å². The molecule has 9 heteroatoms. The smallest absolute Gasteiger partial charge is 0.410 e. The molecule has 1 atom stereocenters. The van der Waals surface area contributed by atoms with Crippen molar-refractivity contribution < 1.29 is 23.4 Å². The van der Waals surface area contributed by atoms with Crippen LogP contribution in [0.15, 0.2) is 36.4 Å². The van der Waals surface area contributed by atoms with Crippen molar-refractivity contribution in [2.45, 2.75) is 78.4 Å². The van der Waals surface area contributed by atoms with Gasteiger partial charge >= 0.3 is 6.09 Å². The Morgan fingerprint density at radius 3 is 2.56 bits per heavy atom. The molecule has 1 amide bonds. The van der Waals surface area contributed by atoms with Crippen molar-refractivity contribution in [3.8, 4) is 17.0 Å². The fourth-order valence-electron chi connectivity index (χ4n) is 6.76. The summed E-state index contributed by atoms with van der Waals surface area (Å²) in [7, 11) is 0. The first-order valence-corrected chi connectivity index (χ1v) is 14.4. The van der Waals surface area contributed by atoms with E-state index in [1.165, 1.54) is 0 Å². The van der Waals surface area contributed by atoms with Gasteiger partial charge in [0, 0.05) is 36.2 Å². The molecule has 1 aliphatic carbocycles. The summed E-state index contributed by atoms with van der Waals surface area (Å²) >= 11 is 0. The molecule has 3 aromatic rings. The Balaban J connectivity index is 1.41. The molecule has 218 valence electrons. The molecule has 1 N–H and O–H groups in total. The number of rotatable bonds is 3. The van der Waals surface area contributed by atoms with Crippen molar-refractivity contribution in [3.05, 3.63) is 47.7 Å². The second kappa shape index (κ2) is 9.53. The molecular weight excluding hydrogens is 526 g/mol. The number of benzene rings is 2. The number of nitrogens with zero attached hydrogens (tertiary/aromatic N) is 4. The first kappa shape index (κ1) is 27.7. The minimum absolute atomic E-state index is 0.0209. The third-order valence-corrected chi connectivity index (χ3v) is 8.68. The lowest BCUT2D eigenvalue weighted by Gasteiger charge is -2.47. The van der Waals surface area contributed by atoms with Crippen LogP contribution >= 0.6 is 0 Å². The Morgan fingerprint density at radius 1 is 1.12 bits per heavy atom. The van der Waals surface area contributed by atoms with Gasteiger partial charge in [0.05, 0.1) is 17.4 Å². The van der Waals surface area contributed by atoms with Crippen LogP contribution in [0.1, 0.15) is 58.7 Å². The van der Waals surface area contributed by atoms with Crippen LogP contribution < -0.4 is 4.90 Å². The molecule has 41 heavy (non-hydrogen) atoms. The predicted octanol–water partition coefficient (Wildman–Crippen LogP) is 6.60. The highest BCUT2D eigenvalue weighted by molar-refractivity contribution is 5.98. The Kier molecular flexibility index (Phi) is 6.43. The highest BCUT2D eigenvalue weighted by Crippen LogP contribution is 2.47. The first-order chi connectivity index (χ1) is 19.2. The average molecular weight is 565 g/mol. The molecule has 2 fully saturated rings. The van der Waals surface area contributed by atoms with Gasteiger partial charge < -0.3 is 19.6 Å². The number of phenols is 1. The van der Waals surface area contributed by atoms with E-state index < -0.39 is 29.6 Å². The highest BCUT2D eigenvalue weighted by atomic mass is 19.3. The molecule has 0 radical (unpaired) electrons. The number of carbonyl (C=O) groups is 1. The van der Waals surface area contributed by atoms with Crippen molar-refractivity contribution in [1.29, 1.82) is 0 Å². The monoisotopic (exact) mass is 564 g/mol. The molecule has 6 rings (SSSR count). The van der Waals surface area contributed by atoms with Gasteiger partial charge in [-0.05, 0) is 74.8 Å². The molecule has 1 aromatic heterocycles. The fourth-order valence-corrected chi connectivity index (χ4v) is 6.76. The van der Waals surface area contributed by atoms with Gasteiger partial charge in [-0.2, -0.15) is 0 Å². The standard InChI is InChI=1S/C32H38F2N4O3/c1-30(2,3)41-29(40)37-16-32(17-37)15-25(27(33)34)38(18-32)28-35-24-14-31(4,5)11-10-22(24)26(36-28)23-13-20(39)12-19-8-6-7-9-21(19)23/h6-9,12-13,25,27,39H,10-11,14-18H2,1-5H3/t25-/m1/s1. The topological polar surface area (TPSA) is 78.8 Å². The van der Waals surface area contributed by atoms with Gasteiger partial charge in [-0.25, -0.2) is 23.5 Å². The van der Waals surface area contributed by atoms with Crippen LogP contribution in [0.5, 0.6) is 5.75 Å². The Bertz CT molecular complexity index is 1510. The number of aromatic nitrogens is 2. The first-order valence-electron chi connectivity index (χ1n) is 14.4. The zero-order valence-electron chi connectivity index (χ0n) is 24.4. The lowest BCUT2D eigenvalue weighted by atomic mass is 9.75. The third-order valence-electron chi connectivity index (χ3n) is 8.68. The van der Waals surface area contributed by atoms with Crippen LogP contribution in [-0.2, 0) is 17.6 Å². The molecule has 3 aliphatic rings. The van der Waals surface area contributed by atoms with Crippen molar-refractivity contribution in [2.75, 3.05) is 24.5 Å². The molecule has 2 aromatic carbocycles. The number of fused-ring (bicyclic) bond motifs is 2. The van der Waals surface area contributed by atoms with Gasteiger partial charge in [0.15, 0.2) is 0 Å². The van der Waals surface area contributed by atoms with Crippen molar-refractivity contribution in [2.24, 2.45) is 10.8 Å². The second-order valence-electron chi connectivity index (χ2n) is 13.9. The third kappa shape index (κ3) is 5.19. The van der Waals surface area contributed by atoms with Crippen molar-refractivity contribution >= 4 is 22.8 Å². The van der Waals surface area contributed by atoms with E-state index in [1.807, 2.05) is 45.0 Å². The van der Waals surface area contributed by atoms with Crippen LogP contribution in [0, 0.1) is 10.8 Å². The molecular formula is C32H38F2N4O3. The Morgan fingerprint density at radius 2 is 1.85 bits per heavy atom. The van der Waals surface area contributed by atoms with Crippen LogP contribution in [0.4, 0.5) is 19.5 Å². The minimum atomic E-state index is -2.59. The number of likely N-dealkylation sites (tertiary alicyclic amines) is 1. The lowest BCUT2D eigenvalue weighted by molar-refractivity contribution is -0.0297. The highest BCUT2D eigenvalue weighted by Gasteiger charge is 2.56. The summed E-state index contributed by atoms with van der Waals surface area (Å²) in [5.74, 6) is 0.424. The number of halogens is 2. The van der Waals surface area contributed by atoms with Gasteiger partial charge in [0.25, 0.3) is 6.43 Å². The summed E-state index contributed by atoms with van der Waals surface area (Å²) in [6.07, 6.45) is -0.312. The van der Waals surface area contributed by atoms with E-state index >= 15 is 0 Å². The summed E-state index contributed by atoms with van der Waals surface area (Å²) in [5.41, 5.74) is 2.32. The number of anilines is 1. The normalized spacial score (nSPS) is 21.3. The van der Waals surface area contributed by atoms with E-state index in [0.29, 0.717) is 37.7 Å². The number of amides is 1. The number of aromatic hydroxyl groups is 1. The van der Waals surface area contributed by atoms with Crippen molar-refractivity contribution in [3.63, 3.8) is 0 Å². The maximum atomic E-state index is 14.6. The van der Waals surface area contributed by atoms with Gasteiger partial charge in [-0.1, -0.05) is 38.1 Å². The van der Waals surface area contributed by atoms with E-state index in [0.717, 1.165) is 40.4 Å². The predicted molar refractivity (Wildman–Crippen MR) is 154 cm³/mol. The molecule has 2 aliphatic heterocycles. The summed E-state index contributed by atoms with van der Waals surface area (Å²) in [4.78, 5) is 25.8. The van der Waals surface area contributed by atoms with E-state index in [-0.39, 0.29) is 17.6 Å². The van der Waals surface area contributed by atoms with E-state index in [9.17, 15) is 18.7 Å². The van der Waals surface area contributed by atoms with Crippen LogP contribution in [-0.4, -0.2) is 63.8 Å². The van der Waals surface area contributed by atoms with Crippen molar-refractivity contribution in [1.82, 2.24) is 14.9 Å². The molecule has 1 spiro atoms. The molecule has 0 unspecified atom stereocenters. The lowest BCUT2D eigenvalue weighted by Crippen LogP contribution is -2.60. The summed E-state index contributed by atoms with van der Waals surface area (Å²) in [5, 5.41) is 12.4. The molecule has 0 bridgehead atoms. The summed E-state index contributed by atoms with van der Waals surface area (Å²) in [6, 6.07) is 10.2. The summed E-state index contributed by atoms with van der Waals surface area (Å²) < 4.78 is 34.6. The molecule has 7 nitrogen and oxygen atoms in total. The largest absolute Gasteiger partial charge is 0.508 e. The molecule has 2 saturated heterocycles. The van der Waals surface area contributed by atoms with Gasteiger partial charge in [0.2, 0.25) is 5.95 Å². The minimum Gasteiger partial charge on any atom is -0.508 e. The Labute approximate surface area is 239 Å². The number of phenolic OH excluding ortho intramolecular Hbond substituents is 1. The Hall–Kier alpha value is -3.49. The van der Waals surface area contributed by atoms with Gasteiger partial charge in [-0.3, -0.25) is 0 Å². The zero-order valence-corrected chi connectivity index (χ0v) is 24.4. The summed E-state index contributed by atoms with van der Waals surface area (Å²) in [6.45, 7) is 10.9. The molecule has 0 saturated carbocycles. The van der Waals surface area contributed by atoms with Crippen LogP contribution in [0.3, 0.4) is 0 Å².